The Bertz CT molecular complexity index is 542. The number of nitrogens with zero attached hydrogens (tertiary/aromatic N) is 2. The molecule has 1 aromatic heterocycles. The summed E-state index contributed by atoms with van der Waals surface area (Å²) in [4.78, 5) is 30.1. The summed E-state index contributed by atoms with van der Waals surface area (Å²) in [7, 11) is 1.53. The molecule has 2 amide bonds. The van der Waals surface area contributed by atoms with E-state index in [2.05, 4.69) is 10.3 Å². The summed E-state index contributed by atoms with van der Waals surface area (Å²) < 4.78 is 5.19. The fourth-order valence-electron chi connectivity index (χ4n) is 2.26. The van der Waals surface area contributed by atoms with E-state index in [1.165, 1.54) is 7.11 Å². The van der Waals surface area contributed by atoms with Crippen LogP contribution in [0.5, 0.6) is 5.88 Å². The molecule has 108 valence electrons. The highest BCUT2D eigenvalue weighted by Gasteiger charge is 2.43. The third-order valence-electron chi connectivity index (χ3n) is 3.46. The van der Waals surface area contributed by atoms with Gasteiger partial charge in [-0.05, 0) is 26.8 Å². The van der Waals surface area contributed by atoms with E-state index in [0.717, 1.165) is 5.56 Å². The Labute approximate surface area is 118 Å². The molecule has 1 aliphatic rings. The maximum Gasteiger partial charge on any atom is 0.248 e. The van der Waals surface area contributed by atoms with Gasteiger partial charge in [0.15, 0.2) is 0 Å². The predicted molar refractivity (Wildman–Crippen MR) is 73.0 cm³/mol. The van der Waals surface area contributed by atoms with Crippen molar-refractivity contribution in [3.8, 4) is 5.88 Å². The summed E-state index contributed by atoms with van der Waals surface area (Å²) in [5.41, 5.74) is -0.111. The van der Waals surface area contributed by atoms with Crippen molar-refractivity contribution in [2.75, 3.05) is 7.11 Å². The number of rotatable bonds is 3. The third kappa shape index (κ3) is 2.45. The molecule has 1 saturated heterocycles. The van der Waals surface area contributed by atoms with Gasteiger partial charge in [0.25, 0.3) is 0 Å². The van der Waals surface area contributed by atoms with Crippen molar-refractivity contribution in [1.82, 2.24) is 15.2 Å². The summed E-state index contributed by atoms with van der Waals surface area (Å²) >= 11 is 0. The molecule has 1 aromatic rings. The molecule has 0 aromatic carbocycles. The normalized spacial score (nSPS) is 21.6. The lowest BCUT2D eigenvalue weighted by molar-refractivity contribution is -0.153. The number of ether oxygens (including phenoxy) is 1. The van der Waals surface area contributed by atoms with Crippen LogP contribution in [0.3, 0.4) is 0 Å². The molecule has 0 saturated carbocycles. The molecule has 0 aliphatic carbocycles. The van der Waals surface area contributed by atoms with E-state index >= 15 is 0 Å². The zero-order chi connectivity index (χ0) is 14.9. The SMILES string of the molecule is COc1ncccc1CN1C(=O)C(C)(C)NC(=O)C1C. The number of hydrogen-bond acceptors (Lipinski definition) is 4. The first kappa shape index (κ1) is 14.3. The quantitative estimate of drug-likeness (QED) is 0.883. The van der Waals surface area contributed by atoms with Gasteiger partial charge in [-0.25, -0.2) is 4.98 Å². The van der Waals surface area contributed by atoms with Gasteiger partial charge in [-0.3, -0.25) is 9.59 Å². The molecule has 1 atom stereocenters. The van der Waals surface area contributed by atoms with Crippen LogP contribution in [0, 0.1) is 0 Å². The van der Waals surface area contributed by atoms with E-state index in [0.29, 0.717) is 12.4 Å². The number of piperazine rings is 1. The van der Waals surface area contributed by atoms with Crippen LogP contribution in [0.25, 0.3) is 0 Å². The molecule has 1 N–H and O–H groups in total. The van der Waals surface area contributed by atoms with Gasteiger partial charge in [0, 0.05) is 11.8 Å². The van der Waals surface area contributed by atoms with Crippen molar-refractivity contribution in [2.45, 2.75) is 38.9 Å². The van der Waals surface area contributed by atoms with Crippen LogP contribution >= 0.6 is 0 Å². The monoisotopic (exact) mass is 277 g/mol. The molecule has 20 heavy (non-hydrogen) atoms. The number of nitrogens with one attached hydrogen (secondary N) is 1. The van der Waals surface area contributed by atoms with Gasteiger partial charge in [0.05, 0.1) is 13.7 Å². The molecule has 2 rings (SSSR count). The first-order valence-corrected chi connectivity index (χ1v) is 6.48. The lowest BCUT2D eigenvalue weighted by Crippen LogP contribution is -2.66. The first-order chi connectivity index (χ1) is 9.36. The number of carbonyl (C=O) groups is 2. The van der Waals surface area contributed by atoms with Crippen molar-refractivity contribution in [2.24, 2.45) is 0 Å². The topological polar surface area (TPSA) is 71.5 Å². The van der Waals surface area contributed by atoms with Crippen LogP contribution in [0.4, 0.5) is 0 Å². The van der Waals surface area contributed by atoms with Crippen LogP contribution < -0.4 is 10.1 Å². The van der Waals surface area contributed by atoms with Crippen molar-refractivity contribution in [1.29, 1.82) is 0 Å². The number of amides is 2. The van der Waals surface area contributed by atoms with E-state index < -0.39 is 11.6 Å². The summed E-state index contributed by atoms with van der Waals surface area (Å²) in [6.45, 7) is 5.42. The molecule has 1 fully saturated rings. The number of carbonyl (C=O) groups excluding carboxylic acids is 2. The van der Waals surface area contributed by atoms with Crippen LogP contribution in [0.2, 0.25) is 0 Å². The highest BCUT2D eigenvalue weighted by Crippen LogP contribution is 2.23. The first-order valence-electron chi connectivity index (χ1n) is 6.48. The van der Waals surface area contributed by atoms with Gasteiger partial charge in [-0.2, -0.15) is 0 Å². The largest absolute Gasteiger partial charge is 0.481 e. The Morgan fingerprint density at radius 3 is 2.80 bits per heavy atom. The fourth-order valence-corrected chi connectivity index (χ4v) is 2.26. The summed E-state index contributed by atoms with van der Waals surface area (Å²) in [6, 6.07) is 3.11. The fraction of sp³-hybridized carbons (Fsp3) is 0.500. The summed E-state index contributed by atoms with van der Waals surface area (Å²) in [6.07, 6.45) is 1.63. The van der Waals surface area contributed by atoms with Gasteiger partial charge < -0.3 is 15.0 Å². The van der Waals surface area contributed by atoms with Crippen LogP contribution in [0.15, 0.2) is 18.3 Å². The van der Waals surface area contributed by atoms with Gasteiger partial charge in [-0.1, -0.05) is 6.07 Å². The molecule has 0 spiro atoms. The summed E-state index contributed by atoms with van der Waals surface area (Å²) in [5.74, 6) is 0.198. The van der Waals surface area contributed by atoms with E-state index in [1.54, 1.807) is 37.9 Å². The lowest BCUT2D eigenvalue weighted by atomic mass is 9.97. The Hall–Kier alpha value is -2.11. The Balaban J connectivity index is 2.30. The molecular weight excluding hydrogens is 258 g/mol. The highest BCUT2D eigenvalue weighted by atomic mass is 16.5. The lowest BCUT2D eigenvalue weighted by Gasteiger charge is -2.41. The second-order valence-corrected chi connectivity index (χ2v) is 5.40. The van der Waals surface area contributed by atoms with Gasteiger partial charge in [0.2, 0.25) is 17.7 Å². The van der Waals surface area contributed by atoms with Gasteiger partial charge >= 0.3 is 0 Å². The number of hydrogen-bond donors (Lipinski definition) is 1. The smallest absolute Gasteiger partial charge is 0.248 e. The van der Waals surface area contributed by atoms with Gasteiger partial charge in [-0.15, -0.1) is 0 Å². The standard InChI is InChI=1S/C14H19N3O3/c1-9-11(18)16-14(2,3)13(19)17(9)8-10-6-5-7-15-12(10)20-4/h5-7,9H,8H2,1-4H3,(H,16,18). The van der Waals surface area contributed by atoms with E-state index in [9.17, 15) is 9.59 Å². The predicted octanol–water partition coefficient (Wildman–Crippen LogP) is 0.716. The average molecular weight is 277 g/mol. The molecule has 2 heterocycles. The Kier molecular flexibility index (Phi) is 3.65. The van der Waals surface area contributed by atoms with Gasteiger partial charge in [0.1, 0.15) is 11.6 Å². The van der Waals surface area contributed by atoms with Crippen molar-refractivity contribution < 1.29 is 14.3 Å². The maximum absolute atomic E-state index is 12.5. The van der Waals surface area contributed by atoms with Crippen LogP contribution in [-0.4, -0.2) is 40.4 Å². The van der Waals surface area contributed by atoms with E-state index in [1.807, 2.05) is 6.07 Å². The third-order valence-corrected chi connectivity index (χ3v) is 3.46. The minimum absolute atomic E-state index is 0.115. The van der Waals surface area contributed by atoms with Crippen LogP contribution in [0.1, 0.15) is 26.3 Å². The van der Waals surface area contributed by atoms with Crippen molar-refractivity contribution in [3.05, 3.63) is 23.9 Å². The number of aromatic nitrogens is 1. The zero-order valence-corrected chi connectivity index (χ0v) is 12.1. The molecule has 6 heteroatoms. The Morgan fingerprint density at radius 1 is 1.45 bits per heavy atom. The minimum Gasteiger partial charge on any atom is -0.481 e. The zero-order valence-electron chi connectivity index (χ0n) is 12.1. The van der Waals surface area contributed by atoms with Crippen molar-refractivity contribution >= 4 is 11.8 Å². The van der Waals surface area contributed by atoms with E-state index in [-0.39, 0.29) is 11.8 Å². The molecule has 0 radical (unpaired) electrons. The number of pyridine rings is 1. The van der Waals surface area contributed by atoms with Crippen molar-refractivity contribution in [3.63, 3.8) is 0 Å². The highest BCUT2D eigenvalue weighted by molar-refractivity contribution is 5.99. The molecular formula is C14H19N3O3. The number of methoxy groups -OCH3 is 1. The minimum atomic E-state index is -0.890. The molecule has 6 nitrogen and oxygen atoms in total. The summed E-state index contributed by atoms with van der Waals surface area (Å²) in [5, 5.41) is 2.72. The average Bonchev–Trinajstić information content (AvgIpc) is 2.41. The molecule has 0 bridgehead atoms. The maximum atomic E-state index is 12.5. The van der Waals surface area contributed by atoms with E-state index in [4.69, 9.17) is 4.74 Å². The Morgan fingerprint density at radius 2 is 2.15 bits per heavy atom. The second kappa shape index (κ2) is 5.11. The van der Waals surface area contributed by atoms with Crippen LogP contribution in [-0.2, 0) is 16.1 Å². The molecule has 1 unspecified atom stereocenters. The molecule has 1 aliphatic heterocycles. The second-order valence-electron chi connectivity index (χ2n) is 5.40.